The van der Waals surface area contributed by atoms with Crippen molar-refractivity contribution < 1.29 is 9.90 Å². The van der Waals surface area contributed by atoms with Crippen LogP contribution in [0.3, 0.4) is 0 Å². The number of hydrogen-bond acceptors (Lipinski definition) is 4. The maximum absolute atomic E-state index is 10.7. The quantitative estimate of drug-likeness (QED) is 0.913. The summed E-state index contributed by atoms with van der Waals surface area (Å²) in [5.74, 6) is -1.08. The third kappa shape index (κ3) is 2.28. The van der Waals surface area contributed by atoms with Crippen LogP contribution in [0, 0.1) is 0 Å². The van der Waals surface area contributed by atoms with Gasteiger partial charge in [-0.1, -0.05) is 12.1 Å². The number of aromatic carboxylic acids is 1. The molecule has 0 aliphatic rings. The Bertz CT molecular complexity index is 589. The third-order valence-electron chi connectivity index (χ3n) is 2.57. The van der Waals surface area contributed by atoms with E-state index in [4.69, 9.17) is 5.11 Å². The van der Waals surface area contributed by atoms with Crippen LogP contribution in [0.15, 0.2) is 10.7 Å². The van der Waals surface area contributed by atoms with E-state index < -0.39 is 5.97 Å². The summed E-state index contributed by atoms with van der Waals surface area (Å²) in [7, 11) is 1.84. The molecule has 0 bridgehead atoms. The van der Waals surface area contributed by atoms with Crippen molar-refractivity contribution in [3.8, 4) is 0 Å². The van der Waals surface area contributed by atoms with Crippen LogP contribution in [-0.4, -0.2) is 35.9 Å². The molecule has 18 heavy (non-hydrogen) atoms. The smallest absolute Gasteiger partial charge is 0.358 e. The van der Waals surface area contributed by atoms with E-state index in [9.17, 15) is 4.79 Å². The fraction of sp³-hybridized carbons (Fsp3) is 0.400. The normalized spacial score (nSPS) is 10.8. The zero-order chi connectivity index (χ0) is 13.3. The van der Waals surface area contributed by atoms with Crippen molar-refractivity contribution in [3.05, 3.63) is 27.8 Å². The number of carbonyl (C=O) groups is 1. The molecule has 0 amide bonds. The first-order chi connectivity index (χ1) is 8.52. The molecule has 2 rings (SSSR count). The number of aryl methyl sites for hydroxylation is 2. The molecular weight excluding hydrogens is 302 g/mol. The van der Waals surface area contributed by atoms with Crippen LogP contribution in [0.2, 0.25) is 0 Å². The Balaban J connectivity index is 2.28. The molecular formula is C10H12BrN5O2. The van der Waals surface area contributed by atoms with Crippen molar-refractivity contribution in [2.75, 3.05) is 0 Å². The maximum atomic E-state index is 10.7. The molecule has 7 nitrogen and oxygen atoms in total. The number of halogens is 1. The van der Waals surface area contributed by atoms with Crippen molar-refractivity contribution in [2.24, 2.45) is 7.05 Å². The predicted molar refractivity (Wildman–Crippen MR) is 66.4 cm³/mol. The van der Waals surface area contributed by atoms with Crippen LogP contribution in [0.4, 0.5) is 0 Å². The van der Waals surface area contributed by atoms with Crippen molar-refractivity contribution in [1.82, 2.24) is 24.8 Å². The fourth-order valence-corrected chi connectivity index (χ4v) is 2.36. The van der Waals surface area contributed by atoms with Crippen molar-refractivity contribution >= 4 is 21.9 Å². The summed E-state index contributed by atoms with van der Waals surface area (Å²) in [6.07, 6.45) is 2.22. The van der Waals surface area contributed by atoms with Gasteiger partial charge in [-0.3, -0.25) is 4.68 Å². The molecule has 0 aromatic carbocycles. The lowest BCUT2D eigenvalue weighted by Crippen LogP contribution is -2.06. The third-order valence-corrected chi connectivity index (χ3v) is 3.49. The monoisotopic (exact) mass is 313 g/mol. The second kappa shape index (κ2) is 4.89. The van der Waals surface area contributed by atoms with Crippen LogP contribution in [0.5, 0.6) is 0 Å². The molecule has 0 radical (unpaired) electrons. The minimum atomic E-state index is -1.08. The lowest BCUT2D eigenvalue weighted by Gasteiger charge is -2.01. The highest BCUT2D eigenvalue weighted by molar-refractivity contribution is 9.10. The number of nitrogens with zero attached hydrogens (tertiary/aromatic N) is 5. The SMILES string of the molecule is CCc1nn(C)c(Cn2cc(C(=O)O)nn2)c1Br. The molecule has 2 aromatic heterocycles. The predicted octanol–water partition coefficient (Wildman–Crippen LogP) is 1.08. The highest BCUT2D eigenvalue weighted by Crippen LogP contribution is 2.22. The minimum absolute atomic E-state index is 0.0657. The Labute approximate surface area is 112 Å². The average molecular weight is 314 g/mol. The first-order valence-electron chi connectivity index (χ1n) is 5.36. The van der Waals surface area contributed by atoms with Crippen LogP contribution in [-0.2, 0) is 20.0 Å². The van der Waals surface area contributed by atoms with Gasteiger partial charge in [0.1, 0.15) is 0 Å². The van der Waals surface area contributed by atoms with Gasteiger partial charge in [-0.25, -0.2) is 9.48 Å². The molecule has 0 unspecified atom stereocenters. The number of hydrogen-bond donors (Lipinski definition) is 1. The lowest BCUT2D eigenvalue weighted by molar-refractivity contribution is 0.0690. The highest BCUT2D eigenvalue weighted by Gasteiger charge is 2.15. The summed E-state index contributed by atoms with van der Waals surface area (Å²) in [6.45, 7) is 2.44. The summed E-state index contributed by atoms with van der Waals surface area (Å²) in [6, 6.07) is 0. The van der Waals surface area contributed by atoms with Gasteiger partial charge in [-0.15, -0.1) is 5.10 Å². The molecule has 0 saturated carbocycles. The summed E-state index contributed by atoms with van der Waals surface area (Å²) >= 11 is 3.49. The van der Waals surface area contributed by atoms with E-state index in [-0.39, 0.29) is 5.69 Å². The standard InChI is InChI=1S/C10H12BrN5O2/c1-3-6-9(11)8(15(2)13-6)5-16-4-7(10(17)18)12-14-16/h4H,3,5H2,1-2H3,(H,17,18). The molecule has 8 heteroatoms. The molecule has 0 fully saturated rings. The molecule has 2 aromatic rings. The lowest BCUT2D eigenvalue weighted by atomic mass is 10.3. The van der Waals surface area contributed by atoms with Gasteiger partial charge in [0.25, 0.3) is 0 Å². The van der Waals surface area contributed by atoms with Gasteiger partial charge < -0.3 is 5.11 Å². The van der Waals surface area contributed by atoms with Crippen molar-refractivity contribution in [1.29, 1.82) is 0 Å². The Hall–Kier alpha value is -1.70. The van der Waals surface area contributed by atoms with Crippen LogP contribution in [0.25, 0.3) is 0 Å². The Morgan fingerprint density at radius 1 is 1.56 bits per heavy atom. The first-order valence-corrected chi connectivity index (χ1v) is 6.16. The topological polar surface area (TPSA) is 85.8 Å². The fourth-order valence-electron chi connectivity index (χ4n) is 1.62. The number of rotatable bonds is 4. The minimum Gasteiger partial charge on any atom is -0.476 e. The van der Waals surface area contributed by atoms with E-state index in [0.717, 1.165) is 22.3 Å². The van der Waals surface area contributed by atoms with Gasteiger partial charge in [0.05, 0.1) is 28.6 Å². The summed E-state index contributed by atoms with van der Waals surface area (Å²) in [5, 5.41) is 20.5. The highest BCUT2D eigenvalue weighted by atomic mass is 79.9. The summed E-state index contributed by atoms with van der Waals surface area (Å²) < 4.78 is 4.16. The Morgan fingerprint density at radius 2 is 2.28 bits per heavy atom. The molecule has 0 aliphatic heterocycles. The van der Waals surface area contributed by atoms with Crippen LogP contribution in [0.1, 0.15) is 28.8 Å². The number of carboxylic acid groups (broad SMARTS) is 1. The molecule has 0 spiro atoms. The average Bonchev–Trinajstić information content (AvgIpc) is 2.89. The maximum Gasteiger partial charge on any atom is 0.358 e. The van der Waals surface area contributed by atoms with Gasteiger partial charge >= 0.3 is 5.97 Å². The van der Waals surface area contributed by atoms with Crippen molar-refractivity contribution in [2.45, 2.75) is 19.9 Å². The van der Waals surface area contributed by atoms with Gasteiger partial charge in [0, 0.05) is 7.05 Å². The zero-order valence-electron chi connectivity index (χ0n) is 9.96. The molecule has 0 saturated heterocycles. The van der Waals surface area contributed by atoms with E-state index in [1.807, 2.05) is 14.0 Å². The van der Waals surface area contributed by atoms with E-state index in [1.165, 1.54) is 10.9 Å². The Kier molecular flexibility index (Phi) is 3.46. The van der Waals surface area contributed by atoms with E-state index in [0.29, 0.717) is 6.54 Å². The molecule has 1 N–H and O–H groups in total. The zero-order valence-corrected chi connectivity index (χ0v) is 11.5. The van der Waals surface area contributed by atoms with Crippen LogP contribution < -0.4 is 0 Å². The van der Waals surface area contributed by atoms with Gasteiger partial charge in [0.2, 0.25) is 0 Å². The van der Waals surface area contributed by atoms with Crippen molar-refractivity contribution in [3.63, 3.8) is 0 Å². The van der Waals surface area contributed by atoms with E-state index in [2.05, 4.69) is 31.3 Å². The summed E-state index contributed by atoms with van der Waals surface area (Å²) in [4.78, 5) is 10.7. The number of carboxylic acids is 1. The van der Waals surface area contributed by atoms with Crippen LogP contribution >= 0.6 is 15.9 Å². The molecule has 2 heterocycles. The van der Waals surface area contributed by atoms with Gasteiger partial charge in [-0.05, 0) is 22.4 Å². The Morgan fingerprint density at radius 3 is 2.78 bits per heavy atom. The second-order valence-corrected chi connectivity index (χ2v) is 4.58. The molecule has 96 valence electrons. The molecule has 0 aliphatic carbocycles. The largest absolute Gasteiger partial charge is 0.476 e. The van der Waals surface area contributed by atoms with Gasteiger partial charge in [-0.2, -0.15) is 5.10 Å². The summed E-state index contributed by atoms with van der Waals surface area (Å²) in [5.41, 5.74) is 1.82. The van der Waals surface area contributed by atoms with E-state index in [1.54, 1.807) is 4.68 Å². The second-order valence-electron chi connectivity index (χ2n) is 3.79. The van der Waals surface area contributed by atoms with Gasteiger partial charge in [0.15, 0.2) is 5.69 Å². The number of aromatic nitrogens is 5. The molecule has 0 atom stereocenters. The first kappa shape index (κ1) is 12.7. The van der Waals surface area contributed by atoms with E-state index >= 15 is 0 Å².